The third-order valence-corrected chi connectivity index (χ3v) is 42.4. The molecular weight excluding hydrogens is 1230 g/mol. The Morgan fingerprint density at radius 3 is 0.845 bits per heavy atom. The van der Waals surface area contributed by atoms with Crippen molar-refractivity contribution in [1.29, 1.82) is 0 Å². The Balaban J connectivity index is 0. The van der Waals surface area contributed by atoms with Crippen molar-refractivity contribution in [1.82, 2.24) is 0 Å². The molecule has 0 rings (SSSR count). The average Bonchev–Trinajstić information content (AvgIpc) is 3.18. The van der Waals surface area contributed by atoms with Crippen molar-refractivity contribution in [3.8, 4) is 0 Å². The van der Waals surface area contributed by atoms with Crippen molar-refractivity contribution in [2.75, 3.05) is 85.9 Å². The van der Waals surface area contributed by atoms with E-state index in [4.69, 9.17) is 67.0 Å². The first-order chi connectivity index (χ1) is 38.2. The van der Waals surface area contributed by atoms with Crippen molar-refractivity contribution < 1.29 is 101 Å². The molecule has 0 bridgehead atoms. The molecule has 19 nitrogen and oxygen atoms in total. The van der Waals surface area contributed by atoms with Gasteiger partial charge in [0.2, 0.25) is 0 Å². The number of aliphatic hydroxyl groups excluding tert-OH is 4. The fraction of sp³-hybridized carbons (Fsp3) is 1.00. The van der Waals surface area contributed by atoms with E-state index >= 15 is 0 Å². The highest BCUT2D eigenvalue weighted by molar-refractivity contribution is 6.91. The van der Waals surface area contributed by atoms with Gasteiger partial charge in [0.15, 0.2) is 25.0 Å². The summed E-state index contributed by atoms with van der Waals surface area (Å²) in [5.41, 5.74) is 0. The van der Waals surface area contributed by atoms with Gasteiger partial charge in [0, 0.05) is 39.5 Å². The van der Waals surface area contributed by atoms with Crippen LogP contribution in [0.5, 0.6) is 0 Å². The maximum absolute atomic E-state index is 13.5. The van der Waals surface area contributed by atoms with Crippen LogP contribution in [0.15, 0.2) is 0 Å². The van der Waals surface area contributed by atoms with Gasteiger partial charge >= 0.3 is 49.0 Å². The number of halogens is 3. The summed E-state index contributed by atoms with van der Waals surface area (Å²) in [7, 11) is -20.3. The third kappa shape index (κ3) is 54.5. The van der Waals surface area contributed by atoms with Crippen LogP contribution in [0.25, 0.3) is 0 Å². The zero-order chi connectivity index (χ0) is 65.3. The van der Waals surface area contributed by atoms with Gasteiger partial charge in [-0.15, -0.1) is 0 Å². The minimum Gasteiger partial charge on any atom is -0.436 e. The molecule has 0 aliphatic carbocycles. The van der Waals surface area contributed by atoms with Gasteiger partial charge in [-0.3, -0.25) is 0 Å². The largest absolute Gasteiger partial charge is 0.436 e. The normalized spacial score (nSPS) is 17.2. The molecule has 0 aliphatic heterocycles. The number of aliphatic hydroxyl groups is 4. The quantitative estimate of drug-likeness (QED) is 0.0329. The topological polar surface area (TPSA) is 219 Å². The lowest BCUT2D eigenvalue weighted by Crippen LogP contribution is -2.60. The molecule has 0 fully saturated rings. The summed E-state index contributed by atoms with van der Waals surface area (Å²) in [6.45, 7) is 50.9. The Kier molecular flexibility index (Phi) is 44.3. The first kappa shape index (κ1) is 86.8. The standard InChI is InChI=1S/C30H69F3O10Si5.C24H56O9Si3/c1-26(34)22-38-28(3)24-36-17-14-19-44(5,6)40-46(9,10)42-48(13,21-16-30(31,32)33)43-47(11,12)41-45(7,8)20-15-18-37-25-29(4)39-23-27(2)35;1-21(25)17-29-23(3)19-27-13-11-15-31-35(7,8)33-36(9,10)32-34(5,6)16-12-14-28-20-24(4)30-18-22(2)26/h26-29,34-35H,14-25H2,1-13H3;21-26H,11-20H2,1-10H3. The fourth-order valence-electron chi connectivity index (χ4n) is 9.05. The molecule has 0 saturated carbocycles. The summed E-state index contributed by atoms with van der Waals surface area (Å²) >= 11 is 0. The molecule has 4 N–H and O–H groups in total. The molecule has 0 aliphatic rings. The number of hydrogen-bond donors (Lipinski definition) is 4. The zero-order valence-corrected chi connectivity index (χ0v) is 64.7. The van der Waals surface area contributed by atoms with E-state index in [1.165, 1.54) is 0 Å². The van der Waals surface area contributed by atoms with E-state index in [1.54, 1.807) is 34.2 Å². The molecule has 508 valence electrons. The molecule has 8 unspecified atom stereocenters. The van der Waals surface area contributed by atoms with Gasteiger partial charge in [-0.05, 0) is 203 Å². The van der Waals surface area contributed by atoms with Crippen LogP contribution < -0.4 is 0 Å². The van der Waals surface area contributed by atoms with Crippen molar-refractivity contribution >= 4 is 67.8 Å². The SMILES string of the molecule is CC(O)COC(C)COCCCO[Si](C)(C)O[Si](C)(C)O[Si](C)(C)CCCOCC(C)OCC(C)O.CC(O)COC(C)COCCC[Si](C)(C)O[Si](C)(C)O[Si](C)(CCC(F)(F)F)O[Si](C)(C)O[Si](C)(C)CCCOCC(C)OCC(C)O. The van der Waals surface area contributed by atoms with Crippen molar-refractivity contribution in [3.63, 3.8) is 0 Å². The molecule has 0 spiro atoms. The van der Waals surface area contributed by atoms with E-state index in [0.717, 1.165) is 43.8 Å². The summed E-state index contributed by atoms with van der Waals surface area (Å²) in [5, 5.41) is 37.2. The molecule has 0 saturated heterocycles. The molecule has 30 heteroatoms. The Bertz CT molecular complexity index is 1590. The van der Waals surface area contributed by atoms with Crippen molar-refractivity contribution in [3.05, 3.63) is 0 Å². The summed E-state index contributed by atoms with van der Waals surface area (Å²) in [6.07, 6.45) is -4.33. The predicted molar refractivity (Wildman–Crippen MR) is 346 cm³/mol. The molecule has 84 heavy (non-hydrogen) atoms. The summed E-state index contributed by atoms with van der Waals surface area (Å²) in [5.74, 6) is 0. The molecule has 8 atom stereocenters. The van der Waals surface area contributed by atoms with Crippen LogP contribution in [-0.4, -0.2) is 229 Å². The first-order valence-corrected chi connectivity index (χ1v) is 53.7. The van der Waals surface area contributed by atoms with Gasteiger partial charge < -0.3 is 87.4 Å². The first-order valence-electron chi connectivity index (χ1n) is 30.6. The van der Waals surface area contributed by atoms with Gasteiger partial charge in [-0.1, -0.05) is 0 Å². The molecule has 0 aromatic heterocycles. The maximum Gasteiger partial charge on any atom is 0.389 e. The Morgan fingerprint density at radius 1 is 0.321 bits per heavy atom. The number of ether oxygens (including phenoxy) is 8. The average molecular weight is 1360 g/mol. The number of alkyl halides is 3. The summed E-state index contributed by atoms with van der Waals surface area (Å²) < 4.78 is 131. The van der Waals surface area contributed by atoms with Gasteiger partial charge in [0.25, 0.3) is 0 Å². The highest BCUT2D eigenvalue weighted by Gasteiger charge is 2.50. The van der Waals surface area contributed by atoms with Crippen LogP contribution in [0.3, 0.4) is 0 Å². The Hall–Kier alpha value is 0.765. The molecule has 0 amide bonds. The van der Waals surface area contributed by atoms with Gasteiger partial charge in [-0.25, -0.2) is 0 Å². The van der Waals surface area contributed by atoms with E-state index in [9.17, 15) is 33.6 Å². The lowest BCUT2D eigenvalue weighted by Gasteiger charge is -2.44. The monoisotopic (exact) mass is 1360 g/mol. The van der Waals surface area contributed by atoms with E-state index in [-0.39, 0.29) is 43.7 Å². The second-order valence-corrected chi connectivity index (χ2v) is 57.7. The fourth-order valence-corrected chi connectivity index (χ4v) is 46.9. The Labute approximate surface area is 516 Å². The van der Waals surface area contributed by atoms with E-state index in [1.807, 2.05) is 53.9 Å². The molecule has 0 aromatic carbocycles. The highest BCUT2D eigenvalue weighted by Crippen LogP contribution is 2.34. The predicted octanol–water partition coefficient (Wildman–Crippen LogP) is 11.3. The van der Waals surface area contributed by atoms with Crippen molar-refractivity contribution in [2.24, 2.45) is 0 Å². The smallest absolute Gasteiger partial charge is 0.389 e. The van der Waals surface area contributed by atoms with Crippen LogP contribution in [0.2, 0.25) is 122 Å². The summed E-state index contributed by atoms with van der Waals surface area (Å²) in [6, 6.07) is 2.37. The lowest BCUT2D eigenvalue weighted by atomic mass is 10.4. The minimum atomic E-state index is -4.33. The lowest BCUT2D eigenvalue weighted by molar-refractivity contribution is -0.131. The second-order valence-electron chi connectivity index (χ2n) is 26.5. The number of rotatable bonds is 51. The zero-order valence-electron chi connectivity index (χ0n) is 56.7. The van der Waals surface area contributed by atoms with Crippen LogP contribution in [0.1, 0.15) is 87.5 Å². The number of hydrogen-bond acceptors (Lipinski definition) is 19. The van der Waals surface area contributed by atoms with E-state index in [2.05, 4.69) is 65.5 Å². The molecule has 0 heterocycles. The van der Waals surface area contributed by atoms with Crippen LogP contribution in [0, 0.1) is 0 Å². The Morgan fingerprint density at radius 2 is 0.583 bits per heavy atom. The van der Waals surface area contributed by atoms with Crippen LogP contribution in [0.4, 0.5) is 13.2 Å². The van der Waals surface area contributed by atoms with E-state index < -0.39 is 105 Å². The second kappa shape index (κ2) is 42.8. The third-order valence-electron chi connectivity index (χ3n) is 11.8. The van der Waals surface area contributed by atoms with E-state index in [0.29, 0.717) is 72.7 Å². The van der Waals surface area contributed by atoms with Crippen LogP contribution in [-0.2, 0) is 67.0 Å². The highest BCUT2D eigenvalue weighted by atomic mass is 28.5. The maximum atomic E-state index is 13.5. The summed E-state index contributed by atoms with van der Waals surface area (Å²) in [4.78, 5) is 0. The molecule has 0 radical (unpaired) electrons. The molecule has 0 aromatic rings. The van der Waals surface area contributed by atoms with Gasteiger partial charge in [-0.2, -0.15) is 13.2 Å². The van der Waals surface area contributed by atoms with Crippen molar-refractivity contribution in [2.45, 2.75) is 265 Å². The molecular formula is C54H125F3O19Si8. The van der Waals surface area contributed by atoms with Crippen LogP contribution >= 0.6 is 0 Å². The van der Waals surface area contributed by atoms with Gasteiger partial charge in [0.05, 0.1) is 102 Å². The van der Waals surface area contributed by atoms with Gasteiger partial charge in [0.1, 0.15) is 0 Å². The minimum absolute atomic E-state index is 0.0297.